The number of fused-ring (bicyclic) bond motifs is 4. The summed E-state index contributed by atoms with van der Waals surface area (Å²) in [7, 11) is 0. The topological polar surface area (TPSA) is 110 Å². The predicted molar refractivity (Wildman–Crippen MR) is 156 cm³/mol. The van der Waals surface area contributed by atoms with E-state index in [0.29, 0.717) is 56.8 Å². The Morgan fingerprint density at radius 1 is 1.00 bits per heavy atom. The number of aromatic amines is 1. The van der Waals surface area contributed by atoms with E-state index in [0.717, 1.165) is 17.7 Å². The monoisotopic (exact) mass is 621 g/mol. The van der Waals surface area contributed by atoms with Crippen LogP contribution in [-0.2, 0) is 11.2 Å². The fourth-order valence-electron chi connectivity index (χ4n) is 6.37. The highest BCUT2D eigenvalue weighted by atomic mass is 35.5. The van der Waals surface area contributed by atoms with E-state index in [1.54, 1.807) is 47.2 Å². The molecular weight excluding hydrogens is 604 g/mol. The van der Waals surface area contributed by atoms with E-state index in [2.05, 4.69) is 25.6 Å². The predicted octanol–water partition coefficient (Wildman–Crippen LogP) is 6.18. The van der Waals surface area contributed by atoms with Crippen LogP contribution in [0.4, 0.5) is 10.1 Å². The first-order valence-corrected chi connectivity index (χ1v) is 14.4. The van der Waals surface area contributed by atoms with Crippen LogP contribution in [0.5, 0.6) is 0 Å². The number of amides is 1. The molecule has 3 aromatic heterocycles. The second kappa shape index (κ2) is 9.26. The minimum absolute atomic E-state index is 0.0804. The summed E-state index contributed by atoms with van der Waals surface area (Å²) in [6.07, 6.45) is 3.20. The van der Waals surface area contributed by atoms with E-state index in [9.17, 15) is 9.59 Å². The molecule has 9 nitrogen and oxygen atoms in total. The van der Waals surface area contributed by atoms with Crippen molar-refractivity contribution in [1.29, 1.82) is 0 Å². The van der Waals surface area contributed by atoms with Crippen LogP contribution in [0.2, 0.25) is 15.2 Å². The molecule has 1 saturated carbocycles. The molecule has 0 saturated heterocycles. The molecular formula is C29H19Cl3FN7O2. The van der Waals surface area contributed by atoms with Crippen LogP contribution >= 0.6 is 34.8 Å². The number of benzene rings is 2. The van der Waals surface area contributed by atoms with E-state index >= 15 is 4.39 Å². The zero-order chi connectivity index (χ0) is 28.9. The van der Waals surface area contributed by atoms with Crippen LogP contribution in [-0.4, -0.2) is 35.4 Å². The smallest absolute Gasteiger partial charge is 0.252 e. The maximum absolute atomic E-state index is 15.4. The minimum atomic E-state index is -0.697. The molecule has 2 aliphatic heterocycles. The molecule has 3 aliphatic rings. The van der Waals surface area contributed by atoms with Gasteiger partial charge in [0.2, 0.25) is 11.9 Å². The summed E-state index contributed by atoms with van der Waals surface area (Å²) in [5, 5.41) is 11.8. The van der Waals surface area contributed by atoms with E-state index in [4.69, 9.17) is 34.8 Å². The van der Waals surface area contributed by atoms with Crippen molar-refractivity contribution in [3.8, 4) is 28.1 Å². The second-order valence-corrected chi connectivity index (χ2v) is 12.0. The molecule has 2 aromatic carbocycles. The average Bonchev–Trinajstić information content (AvgIpc) is 3.28. The highest BCUT2D eigenvalue weighted by molar-refractivity contribution is 6.34. The van der Waals surface area contributed by atoms with Crippen LogP contribution in [0.3, 0.4) is 0 Å². The van der Waals surface area contributed by atoms with Crippen LogP contribution in [0.25, 0.3) is 28.1 Å². The first-order valence-electron chi connectivity index (χ1n) is 13.3. The molecule has 1 fully saturated rings. The number of pyridine rings is 1. The Balaban J connectivity index is 1.20. The Labute approximate surface area is 252 Å². The summed E-state index contributed by atoms with van der Waals surface area (Å²) in [5.74, 6) is -0.168. The lowest BCUT2D eigenvalue weighted by Crippen LogP contribution is -2.26. The van der Waals surface area contributed by atoms with Gasteiger partial charge in [-0.2, -0.15) is 4.39 Å². The molecule has 2 N–H and O–H groups in total. The Morgan fingerprint density at radius 2 is 1.86 bits per heavy atom. The molecule has 5 heterocycles. The lowest BCUT2D eigenvalue weighted by atomic mass is 9.99. The number of halogens is 4. The number of nitrogens with one attached hydrogen (secondary N) is 2. The molecule has 42 heavy (non-hydrogen) atoms. The van der Waals surface area contributed by atoms with Gasteiger partial charge in [-0.15, -0.1) is 5.10 Å². The number of nitrogens with zero attached hydrogens (tertiary/aromatic N) is 5. The largest absolute Gasteiger partial charge is 0.338 e. The van der Waals surface area contributed by atoms with E-state index in [1.165, 1.54) is 4.68 Å². The van der Waals surface area contributed by atoms with Crippen LogP contribution in [0.15, 0.2) is 53.5 Å². The zero-order valence-corrected chi connectivity index (χ0v) is 23.8. The van der Waals surface area contributed by atoms with Crippen molar-refractivity contribution in [1.82, 2.24) is 29.5 Å². The van der Waals surface area contributed by atoms with Crippen LogP contribution < -0.4 is 10.9 Å². The maximum Gasteiger partial charge on any atom is 0.252 e. The van der Waals surface area contributed by atoms with Gasteiger partial charge in [-0.3, -0.25) is 9.59 Å². The summed E-state index contributed by atoms with van der Waals surface area (Å²) < 4.78 is 18.6. The summed E-state index contributed by atoms with van der Waals surface area (Å²) in [6.45, 7) is 0. The van der Waals surface area contributed by atoms with Gasteiger partial charge in [0.25, 0.3) is 5.56 Å². The fourth-order valence-corrected chi connectivity index (χ4v) is 7.03. The van der Waals surface area contributed by atoms with Gasteiger partial charge in [-0.05, 0) is 66.3 Å². The normalized spacial score (nSPS) is 20.2. The highest BCUT2D eigenvalue weighted by Crippen LogP contribution is 2.60. The Bertz CT molecular complexity index is 2030. The minimum Gasteiger partial charge on any atom is -0.338 e. The van der Waals surface area contributed by atoms with Gasteiger partial charge in [-0.1, -0.05) is 40.0 Å². The summed E-state index contributed by atoms with van der Waals surface area (Å²) in [6, 6.07) is 11.8. The molecule has 5 aromatic rings. The molecule has 0 bridgehead atoms. The first-order chi connectivity index (χ1) is 20.3. The summed E-state index contributed by atoms with van der Waals surface area (Å²) in [4.78, 5) is 32.8. The quantitative estimate of drug-likeness (QED) is 0.249. The van der Waals surface area contributed by atoms with E-state index in [-0.39, 0.29) is 34.1 Å². The van der Waals surface area contributed by atoms with Crippen LogP contribution in [0, 0.1) is 11.9 Å². The average molecular weight is 623 g/mol. The summed E-state index contributed by atoms with van der Waals surface area (Å²) >= 11 is 19.0. The van der Waals surface area contributed by atoms with Crippen molar-refractivity contribution in [2.75, 3.05) is 5.32 Å². The van der Waals surface area contributed by atoms with Gasteiger partial charge in [0, 0.05) is 45.9 Å². The lowest BCUT2D eigenvalue weighted by Gasteiger charge is -2.19. The van der Waals surface area contributed by atoms with Gasteiger partial charge in [0.15, 0.2) is 5.15 Å². The van der Waals surface area contributed by atoms with Crippen molar-refractivity contribution in [3.63, 3.8) is 0 Å². The molecule has 210 valence electrons. The third-order valence-electron chi connectivity index (χ3n) is 8.33. The number of aromatic nitrogens is 6. The van der Waals surface area contributed by atoms with Crippen molar-refractivity contribution >= 4 is 46.4 Å². The number of imidazole rings is 1. The fraction of sp³-hybridized carbons (Fsp3) is 0.207. The third kappa shape index (κ3) is 3.93. The number of H-pyrrole nitrogens is 1. The van der Waals surface area contributed by atoms with E-state index < -0.39 is 12.0 Å². The molecule has 0 spiro atoms. The molecule has 0 radical (unpaired) electrons. The number of carbonyl (C=O) groups excluding carboxylic acids is 1. The number of hydrogen-bond acceptors (Lipinski definition) is 5. The number of hydrogen-bond donors (Lipinski definition) is 2. The number of rotatable bonds is 4. The van der Waals surface area contributed by atoms with E-state index in [1.807, 2.05) is 6.07 Å². The Morgan fingerprint density at radius 3 is 2.67 bits per heavy atom. The third-order valence-corrected chi connectivity index (χ3v) is 9.17. The molecule has 8 rings (SSSR count). The first kappa shape index (κ1) is 25.7. The maximum atomic E-state index is 15.4. The highest BCUT2D eigenvalue weighted by Gasteiger charge is 2.54. The Hall–Kier alpha value is -3.99. The van der Waals surface area contributed by atoms with Gasteiger partial charge >= 0.3 is 0 Å². The second-order valence-electron chi connectivity index (χ2n) is 10.8. The van der Waals surface area contributed by atoms with Crippen molar-refractivity contribution in [2.45, 2.75) is 31.2 Å². The zero-order valence-electron chi connectivity index (χ0n) is 21.5. The van der Waals surface area contributed by atoms with Gasteiger partial charge < -0.3 is 14.9 Å². The van der Waals surface area contributed by atoms with Gasteiger partial charge in [-0.25, -0.2) is 9.67 Å². The molecule has 3 unspecified atom stereocenters. The molecule has 13 heteroatoms. The standard InChI is InChI=1S/C29H19Cl3FN7O2/c30-13-1-5-20(39-11-22(31)37-38-39)16(9-13)12-7-21-17-10-18(17)27(40(21)24(42)8-12)29-35-26(28(33)36-29)15-2-4-19-14(25(15)32)3-6-23(41)34-19/h1-2,4-5,7-9,11,17-18,27H,3,6,10H2,(H,34,41)(H,35,36). The number of anilines is 1. The Kier molecular flexibility index (Phi) is 5.66. The van der Waals surface area contributed by atoms with Crippen molar-refractivity contribution in [3.05, 3.63) is 97.2 Å². The molecule has 1 amide bonds. The van der Waals surface area contributed by atoms with Gasteiger partial charge in [0.1, 0.15) is 11.5 Å². The summed E-state index contributed by atoms with van der Waals surface area (Å²) in [5.41, 5.74) is 4.68. The number of carbonyl (C=O) groups is 1. The van der Waals surface area contributed by atoms with Gasteiger partial charge in [0.05, 0.1) is 22.9 Å². The molecule has 3 atom stereocenters. The SMILES string of the molecule is O=C1CCc2c(ccc(-c3[nH]c(C4C5CC5c5cc(-c6cc(Cl)ccc6-n6cc(Cl)nn6)cc(=O)n54)nc3F)c2Cl)N1. The van der Waals surface area contributed by atoms with Crippen LogP contribution in [0.1, 0.15) is 41.9 Å². The van der Waals surface area contributed by atoms with Crippen molar-refractivity contribution < 1.29 is 9.18 Å². The lowest BCUT2D eigenvalue weighted by molar-refractivity contribution is -0.116. The molecule has 1 aliphatic carbocycles. The van der Waals surface area contributed by atoms with Crippen molar-refractivity contribution in [2.24, 2.45) is 5.92 Å².